The highest BCUT2D eigenvalue weighted by Gasteiger charge is 2.04. The number of rotatable bonds is 1. The van der Waals surface area contributed by atoms with E-state index in [1.165, 1.54) is 21.6 Å². The molecule has 0 aliphatic rings. The molecule has 0 aliphatic heterocycles. The molecule has 0 aromatic heterocycles. The van der Waals surface area contributed by atoms with Gasteiger partial charge in [-0.15, -0.1) is 0 Å². The van der Waals surface area contributed by atoms with E-state index in [-0.39, 0.29) is 0 Å². The molecule has 0 heterocycles. The highest BCUT2D eigenvalue weighted by molar-refractivity contribution is 7.58. The highest BCUT2D eigenvalue weighted by Crippen LogP contribution is 2.17. The molecule has 0 atom stereocenters. The second-order valence-electron chi connectivity index (χ2n) is 2.88. The zero-order valence-corrected chi connectivity index (χ0v) is 8.36. The van der Waals surface area contributed by atoms with Gasteiger partial charge in [-0.05, 0) is 50.1 Å². The molecule has 0 bridgehead atoms. The summed E-state index contributed by atoms with van der Waals surface area (Å²) in [5, 5.41) is 0. The normalized spacial score (nSPS) is 10.2. The summed E-state index contributed by atoms with van der Waals surface area (Å²) < 4.78 is 0. The predicted octanol–water partition coefficient (Wildman–Crippen LogP) is 2.24. The molecule has 60 valence electrons. The van der Waals surface area contributed by atoms with Crippen LogP contribution < -0.4 is 0 Å². The monoisotopic (exact) mass is 167 g/mol. The summed E-state index contributed by atoms with van der Waals surface area (Å²) in [6.45, 7) is 6.52. The van der Waals surface area contributed by atoms with Crippen LogP contribution in [0.5, 0.6) is 0 Å². The molecular weight excluding hydrogens is 152 g/mol. The van der Waals surface area contributed by atoms with Crippen LogP contribution in [0.3, 0.4) is 0 Å². The van der Waals surface area contributed by atoms with Gasteiger partial charge in [-0.25, -0.2) is 0 Å². The zero-order valence-electron chi connectivity index (χ0n) is 7.36. The van der Waals surface area contributed by atoms with Crippen LogP contribution in [0, 0.1) is 13.8 Å². The minimum Gasteiger partial charge on any atom is -0.0613 e. The fourth-order valence-electron chi connectivity index (χ4n) is 1.26. The van der Waals surface area contributed by atoms with E-state index in [1.54, 1.807) is 0 Å². The predicted molar refractivity (Wildman–Crippen MR) is 53.7 cm³/mol. The van der Waals surface area contributed by atoms with E-state index in [4.69, 9.17) is 0 Å². The smallest absolute Gasteiger partial charge is 0.0613 e. The van der Waals surface area contributed by atoms with Gasteiger partial charge in [-0.3, -0.25) is 0 Å². The van der Waals surface area contributed by atoms with Crippen molar-refractivity contribution in [3.05, 3.63) is 28.8 Å². The number of hydrogen-bond acceptors (Lipinski definition) is 0. The third-order valence-corrected chi connectivity index (χ3v) is 2.82. The van der Waals surface area contributed by atoms with Gasteiger partial charge in [-0.2, -0.15) is 0 Å². The van der Waals surface area contributed by atoms with Gasteiger partial charge in [0.25, 0.3) is 0 Å². The second-order valence-corrected chi connectivity index (χ2v) is 3.41. The Morgan fingerprint density at radius 2 is 1.82 bits per heavy atom. The largest absolute Gasteiger partial charge is 0.153 e. The first-order chi connectivity index (χ1) is 5.16. The third kappa shape index (κ3) is 1.59. The van der Waals surface area contributed by atoms with Gasteiger partial charge in [0.1, 0.15) is 0 Å². The lowest BCUT2D eigenvalue weighted by Gasteiger charge is -2.05. The minimum absolute atomic E-state index is 1.12. The van der Waals surface area contributed by atoms with E-state index in [9.17, 15) is 0 Å². The van der Waals surface area contributed by atoms with Crippen LogP contribution in [0.4, 0.5) is 0 Å². The molecule has 0 amide bonds. The van der Waals surface area contributed by atoms with Crippen LogP contribution in [-0.4, -0.2) is 0 Å². The standard InChI is InChI=1S/C10H14S/c1-4-9-5-6-10(11)8(3)7(9)2/h5-6,11H,4H2,1-3H3/p+1. The van der Waals surface area contributed by atoms with Gasteiger partial charge in [0.2, 0.25) is 0 Å². The van der Waals surface area contributed by atoms with Crippen LogP contribution in [-0.2, 0) is 19.0 Å². The van der Waals surface area contributed by atoms with Crippen molar-refractivity contribution in [3.8, 4) is 0 Å². The summed E-state index contributed by atoms with van der Waals surface area (Å²) >= 11 is 3.56. The Bertz CT molecular complexity index is 264. The Hall–Kier alpha value is -0.430. The highest BCUT2D eigenvalue weighted by atomic mass is 32.1. The Kier molecular flexibility index (Phi) is 2.61. The van der Waals surface area contributed by atoms with Gasteiger partial charge < -0.3 is 0 Å². The number of aryl methyl sites for hydroxylation is 1. The topological polar surface area (TPSA) is 0 Å². The lowest BCUT2D eigenvalue weighted by molar-refractivity contribution is 1.07. The third-order valence-electron chi connectivity index (χ3n) is 2.28. The summed E-state index contributed by atoms with van der Waals surface area (Å²) in [5.41, 5.74) is 4.23. The molecule has 0 saturated carbocycles. The lowest BCUT2D eigenvalue weighted by Crippen LogP contribution is -1.91. The van der Waals surface area contributed by atoms with Crippen LogP contribution in [0.2, 0.25) is 0 Å². The molecule has 1 rings (SSSR count). The average Bonchev–Trinajstić information content (AvgIpc) is 2.01. The average molecular weight is 167 g/mol. The summed E-state index contributed by atoms with van der Waals surface area (Å²) in [5.74, 6) is 0. The van der Waals surface area contributed by atoms with E-state index >= 15 is 0 Å². The lowest BCUT2D eigenvalue weighted by atomic mass is 10.0. The van der Waals surface area contributed by atoms with E-state index in [0.29, 0.717) is 0 Å². The van der Waals surface area contributed by atoms with Crippen molar-refractivity contribution >= 4 is 12.6 Å². The second kappa shape index (κ2) is 3.31. The Labute approximate surface area is 74.0 Å². The first-order valence-corrected chi connectivity index (χ1v) is 4.47. The van der Waals surface area contributed by atoms with Crippen molar-refractivity contribution in [2.24, 2.45) is 0 Å². The quantitative estimate of drug-likeness (QED) is 0.563. The van der Waals surface area contributed by atoms with Crippen LogP contribution in [0.1, 0.15) is 23.6 Å². The molecule has 0 fully saturated rings. The van der Waals surface area contributed by atoms with E-state index in [2.05, 4.69) is 45.5 Å². The Morgan fingerprint density at radius 1 is 1.18 bits per heavy atom. The molecule has 0 radical (unpaired) electrons. The molecule has 0 saturated heterocycles. The van der Waals surface area contributed by atoms with Crippen molar-refractivity contribution in [1.82, 2.24) is 0 Å². The van der Waals surface area contributed by atoms with Crippen molar-refractivity contribution in [3.63, 3.8) is 0 Å². The van der Waals surface area contributed by atoms with Gasteiger partial charge >= 0.3 is 0 Å². The number of hydrogen-bond donors (Lipinski definition) is 0. The maximum absolute atomic E-state index is 3.56. The molecule has 11 heavy (non-hydrogen) atoms. The molecule has 1 aromatic carbocycles. The van der Waals surface area contributed by atoms with E-state index in [1.807, 2.05) is 0 Å². The van der Waals surface area contributed by atoms with Crippen molar-refractivity contribution in [2.75, 3.05) is 0 Å². The van der Waals surface area contributed by atoms with Gasteiger partial charge in [-0.1, -0.05) is 13.0 Å². The first kappa shape index (κ1) is 8.66. The molecule has 0 N–H and O–H groups in total. The molecule has 1 heteroatoms. The SMILES string of the molecule is CCc1ccc([SH2+])c(C)c1C. The van der Waals surface area contributed by atoms with Gasteiger partial charge in [0.05, 0.1) is 0 Å². The first-order valence-electron chi connectivity index (χ1n) is 3.97. The molecule has 0 nitrogen and oxygen atoms in total. The fourth-order valence-corrected chi connectivity index (χ4v) is 1.53. The van der Waals surface area contributed by atoms with Crippen molar-refractivity contribution < 1.29 is 0 Å². The maximum Gasteiger partial charge on any atom is 0.153 e. The molecule has 0 aliphatic carbocycles. The minimum atomic E-state index is 1.12. The Balaban J connectivity index is 3.25. The summed E-state index contributed by atoms with van der Waals surface area (Å²) in [6.07, 6.45) is 1.12. The summed E-state index contributed by atoms with van der Waals surface area (Å²) in [4.78, 5) is 1.21. The summed E-state index contributed by atoms with van der Waals surface area (Å²) in [6, 6.07) is 4.31. The van der Waals surface area contributed by atoms with E-state index < -0.39 is 0 Å². The number of benzene rings is 1. The van der Waals surface area contributed by atoms with Gasteiger partial charge in [0, 0.05) is 5.56 Å². The molecule has 1 aromatic rings. The van der Waals surface area contributed by atoms with Crippen molar-refractivity contribution in [1.29, 1.82) is 0 Å². The van der Waals surface area contributed by atoms with Crippen molar-refractivity contribution in [2.45, 2.75) is 32.1 Å². The van der Waals surface area contributed by atoms with Crippen LogP contribution in [0.25, 0.3) is 0 Å². The zero-order chi connectivity index (χ0) is 8.43. The summed E-state index contributed by atoms with van der Waals surface area (Å²) in [7, 11) is 0. The molecule has 0 spiro atoms. The van der Waals surface area contributed by atoms with Crippen LogP contribution >= 0.6 is 0 Å². The van der Waals surface area contributed by atoms with E-state index in [0.717, 1.165) is 6.42 Å². The maximum atomic E-state index is 3.56. The fraction of sp³-hybridized carbons (Fsp3) is 0.400. The molecular formula is C10H15S+. The van der Waals surface area contributed by atoms with Gasteiger partial charge in [0.15, 0.2) is 4.90 Å². The molecule has 0 unspecified atom stereocenters. The van der Waals surface area contributed by atoms with Crippen LogP contribution in [0.15, 0.2) is 17.0 Å². The Morgan fingerprint density at radius 3 is 2.36 bits per heavy atom.